The van der Waals surface area contributed by atoms with Crippen molar-refractivity contribution in [3.8, 4) is 0 Å². The van der Waals surface area contributed by atoms with E-state index in [-0.39, 0.29) is 17.7 Å². The molecule has 2 aliphatic carbocycles. The molecule has 2 amide bonds. The van der Waals surface area contributed by atoms with Crippen molar-refractivity contribution in [1.82, 2.24) is 24.6 Å². The first-order valence-electron chi connectivity index (χ1n) is 8.31. The van der Waals surface area contributed by atoms with E-state index in [4.69, 9.17) is 0 Å². The molecule has 1 aromatic rings. The first-order valence-corrected chi connectivity index (χ1v) is 9.30. The van der Waals surface area contributed by atoms with Gasteiger partial charge in [-0.25, -0.2) is 0 Å². The average Bonchev–Trinajstić information content (AvgIpc) is 3.50. The molecule has 23 heavy (non-hydrogen) atoms. The summed E-state index contributed by atoms with van der Waals surface area (Å²) in [6, 6.07) is 0.527. The van der Waals surface area contributed by atoms with Crippen LogP contribution < -0.4 is 0 Å². The van der Waals surface area contributed by atoms with Crippen LogP contribution in [0.25, 0.3) is 0 Å². The summed E-state index contributed by atoms with van der Waals surface area (Å²) < 4.78 is 2.07. The minimum Gasteiger partial charge on any atom is -0.339 e. The Balaban J connectivity index is 1.25. The predicted octanol–water partition coefficient (Wildman–Crippen LogP) is 0.786. The lowest BCUT2D eigenvalue weighted by Gasteiger charge is -2.34. The molecule has 0 bridgehead atoms. The van der Waals surface area contributed by atoms with Crippen LogP contribution in [0.2, 0.25) is 0 Å². The fourth-order valence-electron chi connectivity index (χ4n) is 2.92. The van der Waals surface area contributed by atoms with Gasteiger partial charge in [-0.3, -0.25) is 9.59 Å². The number of piperazine rings is 1. The third-order valence-corrected chi connectivity index (χ3v) is 5.62. The fourth-order valence-corrected chi connectivity index (χ4v) is 3.81. The Morgan fingerprint density at radius 3 is 2.43 bits per heavy atom. The number of carbonyl (C=O) groups excluding carboxylic acids is 2. The van der Waals surface area contributed by atoms with E-state index >= 15 is 0 Å². The van der Waals surface area contributed by atoms with Crippen LogP contribution in [0.1, 0.15) is 31.7 Å². The summed E-state index contributed by atoms with van der Waals surface area (Å²) in [4.78, 5) is 28.2. The zero-order chi connectivity index (χ0) is 15.8. The molecular formula is C15H21N5O2S. The Morgan fingerprint density at radius 2 is 1.78 bits per heavy atom. The number of aromatic nitrogens is 3. The van der Waals surface area contributed by atoms with Gasteiger partial charge >= 0.3 is 0 Å². The maximum absolute atomic E-state index is 12.4. The SMILES string of the molecule is O=C(CSc1nncn1C1CC1)N1CCN(C(=O)C2CC2)CC1. The molecule has 3 aliphatic rings. The van der Waals surface area contributed by atoms with Crippen LogP contribution in [-0.2, 0) is 9.59 Å². The van der Waals surface area contributed by atoms with E-state index in [9.17, 15) is 9.59 Å². The summed E-state index contributed by atoms with van der Waals surface area (Å²) in [5.41, 5.74) is 0. The molecule has 0 N–H and O–H groups in total. The Bertz CT molecular complexity index is 603. The second kappa shape index (κ2) is 6.14. The van der Waals surface area contributed by atoms with Gasteiger partial charge in [0.2, 0.25) is 11.8 Å². The van der Waals surface area contributed by atoms with Gasteiger partial charge in [0.05, 0.1) is 5.75 Å². The summed E-state index contributed by atoms with van der Waals surface area (Å²) in [6.07, 6.45) is 6.19. The van der Waals surface area contributed by atoms with Crippen LogP contribution in [0.15, 0.2) is 11.5 Å². The Morgan fingerprint density at radius 1 is 1.09 bits per heavy atom. The Labute approximate surface area is 139 Å². The third-order valence-electron chi connectivity index (χ3n) is 4.68. The predicted molar refractivity (Wildman–Crippen MR) is 84.9 cm³/mol. The number of rotatable bonds is 5. The molecule has 124 valence electrons. The summed E-state index contributed by atoms with van der Waals surface area (Å²) in [7, 11) is 0. The molecule has 1 aliphatic heterocycles. The molecule has 1 aromatic heterocycles. The van der Waals surface area contributed by atoms with Crippen molar-refractivity contribution in [2.75, 3.05) is 31.9 Å². The van der Waals surface area contributed by atoms with Crippen LogP contribution in [0.4, 0.5) is 0 Å². The molecule has 0 radical (unpaired) electrons. The highest BCUT2D eigenvalue weighted by Gasteiger charge is 2.35. The monoisotopic (exact) mass is 335 g/mol. The van der Waals surface area contributed by atoms with Crippen LogP contribution in [0.3, 0.4) is 0 Å². The summed E-state index contributed by atoms with van der Waals surface area (Å²) in [5, 5.41) is 8.89. The summed E-state index contributed by atoms with van der Waals surface area (Å²) in [6.45, 7) is 2.63. The summed E-state index contributed by atoms with van der Waals surface area (Å²) >= 11 is 1.46. The highest BCUT2D eigenvalue weighted by atomic mass is 32.2. The molecule has 4 rings (SSSR count). The molecule has 1 saturated heterocycles. The molecule has 0 unspecified atom stereocenters. The first kappa shape index (κ1) is 15.0. The number of amides is 2. The smallest absolute Gasteiger partial charge is 0.233 e. The largest absolute Gasteiger partial charge is 0.339 e. The molecule has 7 nitrogen and oxygen atoms in total. The van der Waals surface area contributed by atoms with Crippen molar-refractivity contribution in [2.24, 2.45) is 5.92 Å². The molecule has 3 fully saturated rings. The van der Waals surface area contributed by atoms with Gasteiger partial charge in [-0.2, -0.15) is 0 Å². The fraction of sp³-hybridized carbons (Fsp3) is 0.733. The lowest BCUT2D eigenvalue weighted by atomic mass is 10.2. The van der Waals surface area contributed by atoms with Gasteiger partial charge in [0, 0.05) is 38.1 Å². The number of nitrogens with zero attached hydrogens (tertiary/aromatic N) is 5. The van der Waals surface area contributed by atoms with E-state index < -0.39 is 0 Å². The minimum atomic E-state index is 0.124. The molecule has 0 aromatic carbocycles. The van der Waals surface area contributed by atoms with E-state index in [0.29, 0.717) is 38.0 Å². The molecule has 2 heterocycles. The number of hydrogen-bond donors (Lipinski definition) is 0. The quantitative estimate of drug-likeness (QED) is 0.744. The molecule has 0 atom stereocenters. The lowest BCUT2D eigenvalue weighted by Crippen LogP contribution is -2.51. The van der Waals surface area contributed by atoms with E-state index in [1.54, 1.807) is 6.33 Å². The lowest BCUT2D eigenvalue weighted by molar-refractivity contribution is -0.139. The van der Waals surface area contributed by atoms with Crippen molar-refractivity contribution in [2.45, 2.75) is 36.9 Å². The van der Waals surface area contributed by atoms with Crippen molar-refractivity contribution >= 4 is 23.6 Å². The van der Waals surface area contributed by atoms with Crippen molar-refractivity contribution in [1.29, 1.82) is 0 Å². The van der Waals surface area contributed by atoms with E-state index in [1.165, 1.54) is 24.6 Å². The number of hydrogen-bond acceptors (Lipinski definition) is 5. The molecule has 2 saturated carbocycles. The Kier molecular flexibility index (Phi) is 4.00. The highest BCUT2D eigenvalue weighted by molar-refractivity contribution is 7.99. The maximum atomic E-state index is 12.4. The average molecular weight is 335 g/mol. The van der Waals surface area contributed by atoms with Gasteiger partial charge in [0.1, 0.15) is 6.33 Å². The third kappa shape index (κ3) is 3.36. The zero-order valence-corrected chi connectivity index (χ0v) is 13.9. The van der Waals surface area contributed by atoms with E-state index in [2.05, 4.69) is 14.8 Å². The molecular weight excluding hydrogens is 314 g/mol. The second-order valence-corrected chi connectivity index (χ2v) is 7.46. The normalized spacial score (nSPS) is 21.6. The standard InChI is InChI=1S/C15H21N5O2S/c21-13(9-23-15-17-16-10-20(15)12-3-4-12)18-5-7-19(8-6-18)14(22)11-1-2-11/h10-12H,1-9H2. The van der Waals surface area contributed by atoms with Crippen LogP contribution in [0, 0.1) is 5.92 Å². The van der Waals surface area contributed by atoms with E-state index in [0.717, 1.165) is 18.0 Å². The van der Waals surface area contributed by atoms with E-state index in [1.807, 2.05) is 9.80 Å². The summed E-state index contributed by atoms with van der Waals surface area (Å²) in [5.74, 6) is 1.06. The van der Waals surface area contributed by atoms with Crippen molar-refractivity contribution in [3.05, 3.63) is 6.33 Å². The zero-order valence-electron chi connectivity index (χ0n) is 13.1. The van der Waals surface area contributed by atoms with Gasteiger partial charge in [-0.05, 0) is 25.7 Å². The number of thioether (sulfide) groups is 1. The van der Waals surface area contributed by atoms with Gasteiger partial charge in [-0.15, -0.1) is 10.2 Å². The maximum Gasteiger partial charge on any atom is 0.233 e. The minimum absolute atomic E-state index is 0.124. The van der Waals surface area contributed by atoms with Crippen LogP contribution in [-0.4, -0.2) is 68.3 Å². The second-order valence-electron chi connectivity index (χ2n) is 6.52. The van der Waals surface area contributed by atoms with Gasteiger partial charge < -0.3 is 14.4 Å². The first-order chi connectivity index (χ1) is 11.2. The highest BCUT2D eigenvalue weighted by Crippen LogP contribution is 2.37. The van der Waals surface area contributed by atoms with Crippen molar-refractivity contribution < 1.29 is 9.59 Å². The van der Waals surface area contributed by atoms with Gasteiger partial charge in [0.25, 0.3) is 0 Å². The van der Waals surface area contributed by atoms with Crippen LogP contribution >= 0.6 is 11.8 Å². The molecule has 0 spiro atoms. The van der Waals surface area contributed by atoms with Crippen molar-refractivity contribution in [3.63, 3.8) is 0 Å². The van der Waals surface area contributed by atoms with Gasteiger partial charge in [0.15, 0.2) is 5.16 Å². The van der Waals surface area contributed by atoms with Gasteiger partial charge in [-0.1, -0.05) is 11.8 Å². The Hall–Kier alpha value is -1.57. The number of carbonyl (C=O) groups is 2. The topological polar surface area (TPSA) is 71.3 Å². The molecule has 8 heteroatoms. The van der Waals surface area contributed by atoms with Crippen LogP contribution in [0.5, 0.6) is 0 Å².